The first-order chi connectivity index (χ1) is 10.2. The molecule has 0 radical (unpaired) electrons. The number of aliphatic hydroxyl groups excluding tert-OH is 1. The van der Waals surface area contributed by atoms with Crippen LogP contribution in [0.4, 0.5) is 0 Å². The molecule has 1 atom stereocenters. The smallest absolute Gasteiger partial charge is 1.00 e. The molecule has 2 N–H and O–H groups in total. The van der Waals surface area contributed by atoms with Crippen molar-refractivity contribution in [2.75, 3.05) is 0 Å². The van der Waals surface area contributed by atoms with Gasteiger partial charge in [-0.15, -0.1) is 0 Å². The number of hydrogen-bond donors (Lipinski definition) is 2. The molecule has 0 aromatic heterocycles. The average molecular weight is 343 g/mol. The molecule has 1 unspecified atom stereocenters. The van der Waals surface area contributed by atoms with Gasteiger partial charge in [0.15, 0.2) is 0 Å². The summed E-state index contributed by atoms with van der Waals surface area (Å²) < 4.78 is 0. The number of hydrogen-bond acceptors (Lipinski definition) is 2. The molecular weight excluding hydrogens is 304 g/mol. The molecule has 0 aliphatic carbocycles. The first-order valence-corrected chi connectivity index (χ1v) is 9.06. The number of carboxylic acid groups (broad SMARTS) is 1. The van der Waals surface area contributed by atoms with Gasteiger partial charge >= 0.3 is 43.7 Å². The number of carbonyl (C=O) groups is 1. The Bertz CT molecular complexity index is 244. The third kappa shape index (κ3) is 20.7. The second-order valence-electron chi connectivity index (χ2n) is 6.26. The van der Waals surface area contributed by atoms with E-state index in [4.69, 9.17) is 5.11 Å². The van der Waals surface area contributed by atoms with Gasteiger partial charge in [0.2, 0.25) is 0 Å². The monoisotopic (exact) mass is 342 g/mol. The van der Waals surface area contributed by atoms with Gasteiger partial charge in [0.1, 0.15) is 0 Å². The van der Waals surface area contributed by atoms with Crippen LogP contribution in [0.3, 0.4) is 0 Å². The van der Waals surface area contributed by atoms with Gasteiger partial charge in [-0.3, -0.25) is 4.79 Å². The zero-order valence-corrected chi connectivity index (χ0v) is 16.9. The van der Waals surface area contributed by atoms with Gasteiger partial charge in [-0.2, -0.15) is 0 Å². The van der Waals surface area contributed by atoms with Crippen molar-refractivity contribution in [1.82, 2.24) is 0 Å². The third-order valence-electron chi connectivity index (χ3n) is 4.07. The fourth-order valence-corrected chi connectivity index (χ4v) is 2.67. The van der Waals surface area contributed by atoms with Crippen molar-refractivity contribution in [3.05, 3.63) is 0 Å². The molecule has 4 heteroatoms. The van der Waals surface area contributed by atoms with Gasteiger partial charge < -0.3 is 13.1 Å². The summed E-state index contributed by atoms with van der Waals surface area (Å²) in [7, 11) is 0. The van der Waals surface area contributed by atoms with E-state index in [9.17, 15) is 9.90 Å². The van der Waals surface area contributed by atoms with Crippen molar-refractivity contribution in [3.63, 3.8) is 0 Å². The van der Waals surface area contributed by atoms with E-state index >= 15 is 0 Å². The van der Waals surface area contributed by atoms with Gasteiger partial charge in [0.05, 0.1) is 6.10 Å². The molecule has 0 spiro atoms. The second-order valence-corrected chi connectivity index (χ2v) is 6.26. The zero-order valence-electron chi connectivity index (χ0n) is 16.7. The third-order valence-corrected chi connectivity index (χ3v) is 4.07. The van der Waals surface area contributed by atoms with E-state index < -0.39 is 5.97 Å². The molecule has 3 nitrogen and oxygen atoms in total. The molecule has 0 heterocycles. The van der Waals surface area contributed by atoms with Crippen LogP contribution in [0, 0.1) is 0 Å². The molecule has 0 aliphatic heterocycles. The van der Waals surface area contributed by atoms with Crippen molar-refractivity contribution >= 4 is 43.7 Å². The normalized spacial score (nSPS) is 11.9. The molecule has 130 valence electrons. The molecule has 0 rings (SSSR count). The molecule has 0 amide bonds. The Hall–Kier alpha value is 0.690. The maximum Gasteiger partial charge on any atom is 2.00 e. The number of aliphatic hydroxyl groups is 1. The van der Waals surface area contributed by atoms with Crippen molar-refractivity contribution in [3.8, 4) is 0 Å². The van der Waals surface area contributed by atoms with Gasteiger partial charge in [-0.25, -0.2) is 0 Å². The Kier molecular flexibility index (Phi) is 22.4. The first kappa shape index (κ1) is 24.9. The summed E-state index contributed by atoms with van der Waals surface area (Å²) in [5.74, 6) is -0.678. The summed E-state index contributed by atoms with van der Waals surface area (Å²) in [4.78, 5) is 10.3. The fraction of sp³-hybridized carbons (Fsp3) is 0.944. The number of unbranched alkanes of at least 4 members (excludes halogenated alkanes) is 10. The van der Waals surface area contributed by atoms with Crippen LogP contribution in [0.2, 0.25) is 0 Å². The summed E-state index contributed by atoms with van der Waals surface area (Å²) in [5, 5.41) is 18.4. The standard InChI is InChI=1S/C18H36O3.Ca.2H/c1-2-3-4-11-14-17(19)15-12-9-7-5-6-8-10-13-16-18(20)21;;;/h17,19H,2-16H2,1H3,(H,20,21);;;/q;+2;2*-1. The summed E-state index contributed by atoms with van der Waals surface area (Å²) in [5.41, 5.74) is 0. The van der Waals surface area contributed by atoms with E-state index in [0.717, 1.165) is 38.5 Å². The molecular formula is C18H38CaO3. The predicted molar refractivity (Wildman–Crippen MR) is 96.5 cm³/mol. The van der Waals surface area contributed by atoms with Gasteiger partial charge in [-0.05, 0) is 19.3 Å². The molecule has 0 aliphatic rings. The van der Waals surface area contributed by atoms with E-state index in [0.29, 0.717) is 6.42 Å². The van der Waals surface area contributed by atoms with Gasteiger partial charge in [0, 0.05) is 6.42 Å². The summed E-state index contributed by atoms with van der Waals surface area (Å²) >= 11 is 0. The van der Waals surface area contributed by atoms with Crippen molar-refractivity contribution in [2.24, 2.45) is 0 Å². The summed E-state index contributed by atoms with van der Waals surface area (Å²) in [6.45, 7) is 2.21. The Morgan fingerprint density at radius 3 is 1.68 bits per heavy atom. The quantitative estimate of drug-likeness (QED) is 0.301. The van der Waals surface area contributed by atoms with Crippen LogP contribution in [0.25, 0.3) is 0 Å². The Morgan fingerprint density at radius 2 is 1.23 bits per heavy atom. The first-order valence-electron chi connectivity index (χ1n) is 9.06. The van der Waals surface area contributed by atoms with E-state index in [1.54, 1.807) is 0 Å². The van der Waals surface area contributed by atoms with Crippen LogP contribution >= 0.6 is 0 Å². The van der Waals surface area contributed by atoms with Crippen LogP contribution in [-0.2, 0) is 4.79 Å². The zero-order chi connectivity index (χ0) is 15.8. The Morgan fingerprint density at radius 1 is 0.818 bits per heavy atom. The number of aliphatic carboxylic acids is 1. The van der Waals surface area contributed by atoms with Crippen molar-refractivity contribution in [1.29, 1.82) is 0 Å². The predicted octanol–water partition coefficient (Wildman–Crippen LogP) is 5.15. The SMILES string of the molecule is CCCCCCC(O)CCCCCCCCCCC(=O)O.[Ca+2].[H-].[H-]. The van der Waals surface area contributed by atoms with Crippen LogP contribution < -0.4 is 0 Å². The topological polar surface area (TPSA) is 57.5 Å². The van der Waals surface area contributed by atoms with E-state index in [1.807, 2.05) is 0 Å². The minimum atomic E-state index is -0.678. The average Bonchev–Trinajstić information content (AvgIpc) is 2.45. The minimum Gasteiger partial charge on any atom is -1.00 e. The van der Waals surface area contributed by atoms with Crippen LogP contribution in [0.1, 0.15) is 106 Å². The van der Waals surface area contributed by atoms with Crippen molar-refractivity contribution < 1.29 is 17.9 Å². The van der Waals surface area contributed by atoms with E-state index in [-0.39, 0.29) is 46.7 Å². The Labute approximate surface area is 170 Å². The van der Waals surface area contributed by atoms with E-state index in [1.165, 1.54) is 51.4 Å². The second kappa shape index (κ2) is 19.7. The molecule has 0 aromatic rings. The number of carboxylic acids is 1. The molecule has 0 bridgehead atoms. The number of rotatable bonds is 16. The largest absolute Gasteiger partial charge is 2.00 e. The molecule has 0 saturated heterocycles. The summed E-state index contributed by atoms with van der Waals surface area (Å²) in [6.07, 6.45) is 16.3. The van der Waals surface area contributed by atoms with Crippen LogP contribution in [0.15, 0.2) is 0 Å². The summed E-state index contributed by atoms with van der Waals surface area (Å²) in [6, 6.07) is 0. The molecule has 22 heavy (non-hydrogen) atoms. The Balaban J connectivity index is -0.000000667. The van der Waals surface area contributed by atoms with Crippen molar-refractivity contribution in [2.45, 2.75) is 109 Å². The minimum absolute atomic E-state index is 0. The molecule has 0 saturated carbocycles. The maximum atomic E-state index is 10.3. The molecule has 0 aromatic carbocycles. The maximum absolute atomic E-state index is 10.3. The molecule has 0 fully saturated rings. The van der Waals surface area contributed by atoms with Crippen LogP contribution in [-0.4, -0.2) is 60.0 Å². The van der Waals surface area contributed by atoms with E-state index in [2.05, 4.69) is 6.92 Å². The van der Waals surface area contributed by atoms with Crippen LogP contribution in [0.5, 0.6) is 0 Å². The fourth-order valence-electron chi connectivity index (χ4n) is 2.67. The van der Waals surface area contributed by atoms with Gasteiger partial charge in [0.25, 0.3) is 0 Å². The van der Waals surface area contributed by atoms with Gasteiger partial charge in [-0.1, -0.05) is 77.6 Å².